The van der Waals surface area contributed by atoms with E-state index in [4.69, 9.17) is 4.74 Å². The maximum atomic E-state index is 12.7. The molecule has 0 radical (unpaired) electrons. The van der Waals surface area contributed by atoms with Crippen molar-refractivity contribution in [2.24, 2.45) is 5.92 Å². The number of carbonyl (C=O) groups excluding carboxylic acids is 2. The molecule has 0 saturated carbocycles. The topological polar surface area (TPSA) is 49.9 Å². The van der Waals surface area contributed by atoms with Gasteiger partial charge in [0.2, 0.25) is 11.8 Å². The molecule has 0 N–H and O–H groups in total. The third kappa shape index (κ3) is 2.99. The number of para-hydroxylation sites is 1. The van der Waals surface area contributed by atoms with E-state index in [1.165, 1.54) is 0 Å². The molecule has 1 aromatic carbocycles. The number of carbonyl (C=O) groups is 2. The number of hydrogen-bond donors (Lipinski definition) is 0. The summed E-state index contributed by atoms with van der Waals surface area (Å²) in [5, 5.41) is 0. The van der Waals surface area contributed by atoms with Crippen molar-refractivity contribution >= 4 is 17.5 Å². The monoisotopic (exact) mass is 302 g/mol. The van der Waals surface area contributed by atoms with Gasteiger partial charge in [-0.1, -0.05) is 18.2 Å². The minimum atomic E-state index is -0.245. The molecule has 0 bridgehead atoms. The number of nitrogens with zero attached hydrogens (tertiary/aromatic N) is 2. The van der Waals surface area contributed by atoms with Gasteiger partial charge < -0.3 is 14.5 Å². The van der Waals surface area contributed by atoms with Crippen LogP contribution in [0.1, 0.15) is 20.3 Å². The van der Waals surface area contributed by atoms with E-state index in [0.717, 1.165) is 5.69 Å². The van der Waals surface area contributed by atoms with Crippen LogP contribution in [0.2, 0.25) is 0 Å². The van der Waals surface area contributed by atoms with Crippen LogP contribution in [0.5, 0.6) is 0 Å². The molecule has 3 rings (SSSR count). The largest absolute Gasteiger partial charge is 0.372 e. The summed E-state index contributed by atoms with van der Waals surface area (Å²) in [4.78, 5) is 28.5. The Morgan fingerprint density at radius 3 is 2.36 bits per heavy atom. The molecule has 2 aliphatic rings. The Morgan fingerprint density at radius 2 is 1.73 bits per heavy atom. The third-order valence-corrected chi connectivity index (χ3v) is 4.27. The van der Waals surface area contributed by atoms with Gasteiger partial charge in [-0.15, -0.1) is 0 Å². The molecule has 0 unspecified atom stereocenters. The zero-order valence-electron chi connectivity index (χ0n) is 13.1. The maximum absolute atomic E-state index is 12.7. The van der Waals surface area contributed by atoms with E-state index in [1.54, 1.807) is 4.90 Å². The first-order valence-corrected chi connectivity index (χ1v) is 7.84. The van der Waals surface area contributed by atoms with Crippen molar-refractivity contribution in [3.8, 4) is 0 Å². The van der Waals surface area contributed by atoms with E-state index in [-0.39, 0.29) is 29.9 Å². The molecule has 2 heterocycles. The number of rotatable bonds is 2. The Labute approximate surface area is 130 Å². The van der Waals surface area contributed by atoms with Crippen molar-refractivity contribution in [1.82, 2.24) is 4.90 Å². The lowest BCUT2D eigenvalue weighted by atomic mass is 10.1. The van der Waals surface area contributed by atoms with Crippen molar-refractivity contribution in [3.05, 3.63) is 30.3 Å². The lowest BCUT2D eigenvalue weighted by molar-refractivity contribution is -0.147. The summed E-state index contributed by atoms with van der Waals surface area (Å²) in [7, 11) is 0. The second-order valence-corrected chi connectivity index (χ2v) is 6.24. The second kappa shape index (κ2) is 6.08. The van der Waals surface area contributed by atoms with Crippen LogP contribution in [0.3, 0.4) is 0 Å². The predicted molar refractivity (Wildman–Crippen MR) is 83.5 cm³/mol. The van der Waals surface area contributed by atoms with Crippen LogP contribution < -0.4 is 4.90 Å². The summed E-state index contributed by atoms with van der Waals surface area (Å²) in [6.07, 6.45) is 0.401. The summed E-state index contributed by atoms with van der Waals surface area (Å²) < 4.78 is 5.67. The number of morpholine rings is 1. The van der Waals surface area contributed by atoms with Gasteiger partial charge in [-0.05, 0) is 26.0 Å². The van der Waals surface area contributed by atoms with Crippen molar-refractivity contribution < 1.29 is 14.3 Å². The maximum Gasteiger partial charge on any atom is 0.228 e. The molecule has 2 saturated heterocycles. The SMILES string of the molecule is C[C@@H]1CN(C(=O)[C@@H]2CC(=O)N(c3ccccc3)C2)C[C@H](C)O1. The standard InChI is InChI=1S/C17H22N2O3/c1-12-9-18(10-13(2)22-12)17(21)14-8-16(20)19(11-14)15-6-4-3-5-7-15/h3-7,12-14H,8-11H2,1-2H3/t12-,13+,14-/m1/s1. The van der Waals surface area contributed by atoms with Crippen molar-refractivity contribution in [3.63, 3.8) is 0 Å². The Bertz CT molecular complexity index is 550. The number of ether oxygens (including phenoxy) is 1. The van der Waals surface area contributed by atoms with Gasteiger partial charge in [0.25, 0.3) is 0 Å². The van der Waals surface area contributed by atoms with Crippen LogP contribution in [-0.2, 0) is 14.3 Å². The van der Waals surface area contributed by atoms with E-state index in [9.17, 15) is 9.59 Å². The molecule has 2 fully saturated rings. The van der Waals surface area contributed by atoms with E-state index in [1.807, 2.05) is 49.1 Å². The lowest BCUT2D eigenvalue weighted by Gasteiger charge is -2.36. The van der Waals surface area contributed by atoms with E-state index in [2.05, 4.69) is 0 Å². The third-order valence-electron chi connectivity index (χ3n) is 4.27. The molecule has 3 atom stereocenters. The molecule has 5 nitrogen and oxygen atoms in total. The molecule has 0 spiro atoms. The second-order valence-electron chi connectivity index (χ2n) is 6.24. The van der Waals surface area contributed by atoms with Crippen molar-refractivity contribution in [1.29, 1.82) is 0 Å². The molecule has 0 aliphatic carbocycles. The average molecular weight is 302 g/mol. The fraction of sp³-hybridized carbons (Fsp3) is 0.529. The fourth-order valence-electron chi connectivity index (χ4n) is 3.35. The highest BCUT2D eigenvalue weighted by Crippen LogP contribution is 2.27. The predicted octanol–water partition coefficient (Wildman–Crippen LogP) is 1.68. The molecule has 22 heavy (non-hydrogen) atoms. The minimum absolute atomic E-state index is 0.0268. The first-order valence-electron chi connectivity index (χ1n) is 7.84. The van der Waals surface area contributed by atoms with Gasteiger partial charge in [0.1, 0.15) is 0 Å². The number of anilines is 1. The lowest BCUT2D eigenvalue weighted by Crippen LogP contribution is -2.50. The minimum Gasteiger partial charge on any atom is -0.372 e. The summed E-state index contributed by atoms with van der Waals surface area (Å²) >= 11 is 0. The van der Waals surface area contributed by atoms with Gasteiger partial charge >= 0.3 is 0 Å². The molecule has 1 aromatic rings. The van der Waals surface area contributed by atoms with Crippen molar-refractivity contribution in [2.45, 2.75) is 32.5 Å². The molecule has 2 aliphatic heterocycles. The molecule has 0 aromatic heterocycles. The van der Waals surface area contributed by atoms with Crippen LogP contribution in [0, 0.1) is 5.92 Å². The van der Waals surface area contributed by atoms with Crippen molar-refractivity contribution in [2.75, 3.05) is 24.5 Å². The van der Waals surface area contributed by atoms with Crippen LogP contribution in [0.15, 0.2) is 30.3 Å². The zero-order chi connectivity index (χ0) is 15.7. The Balaban J connectivity index is 1.69. The highest BCUT2D eigenvalue weighted by molar-refractivity contribution is 6.00. The molecule has 118 valence electrons. The normalized spacial score (nSPS) is 29.0. The average Bonchev–Trinajstić information content (AvgIpc) is 2.88. The van der Waals surface area contributed by atoms with Crippen LogP contribution in [0.25, 0.3) is 0 Å². The van der Waals surface area contributed by atoms with Gasteiger partial charge in [0.05, 0.1) is 18.1 Å². The number of hydrogen-bond acceptors (Lipinski definition) is 3. The highest BCUT2D eigenvalue weighted by atomic mass is 16.5. The van der Waals surface area contributed by atoms with Gasteiger partial charge in [0.15, 0.2) is 0 Å². The van der Waals surface area contributed by atoms with Crippen LogP contribution in [0.4, 0.5) is 5.69 Å². The van der Waals surface area contributed by atoms with E-state index < -0.39 is 0 Å². The van der Waals surface area contributed by atoms with Gasteiger partial charge in [-0.3, -0.25) is 9.59 Å². The first-order chi connectivity index (χ1) is 10.5. The highest BCUT2D eigenvalue weighted by Gasteiger charge is 2.38. The summed E-state index contributed by atoms with van der Waals surface area (Å²) in [6.45, 7) is 5.65. The Morgan fingerprint density at radius 1 is 1.09 bits per heavy atom. The summed E-state index contributed by atoms with van der Waals surface area (Å²) in [5.74, 6) is -0.141. The fourth-order valence-corrected chi connectivity index (χ4v) is 3.35. The van der Waals surface area contributed by atoms with E-state index in [0.29, 0.717) is 26.1 Å². The molecular formula is C17H22N2O3. The first kappa shape index (κ1) is 15.0. The Kier molecular flexibility index (Phi) is 4.16. The zero-order valence-corrected chi connectivity index (χ0v) is 13.1. The number of benzene rings is 1. The van der Waals surface area contributed by atoms with Crippen LogP contribution >= 0.6 is 0 Å². The summed E-state index contributed by atoms with van der Waals surface area (Å²) in [6, 6.07) is 9.54. The van der Waals surface area contributed by atoms with Crippen LogP contribution in [-0.4, -0.2) is 48.6 Å². The molecule has 5 heteroatoms. The number of amides is 2. The quantitative estimate of drug-likeness (QED) is 0.835. The van der Waals surface area contributed by atoms with Gasteiger partial charge in [0, 0.05) is 31.7 Å². The molecule has 2 amide bonds. The molecular weight excluding hydrogens is 280 g/mol. The Hall–Kier alpha value is -1.88. The smallest absolute Gasteiger partial charge is 0.228 e. The van der Waals surface area contributed by atoms with Gasteiger partial charge in [-0.25, -0.2) is 0 Å². The summed E-state index contributed by atoms with van der Waals surface area (Å²) in [5.41, 5.74) is 0.867. The van der Waals surface area contributed by atoms with Gasteiger partial charge in [-0.2, -0.15) is 0 Å². The van der Waals surface area contributed by atoms with E-state index >= 15 is 0 Å².